The van der Waals surface area contributed by atoms with Crippen LogP contribution >= 0.6 is 0 Å². The van der Waals surface area contributed by atoms with Crippen molar-refractivity contribution in [3.8, 4) is 0 Å². The first kappa shape index (κ1) is 16.2. The Morgan fingerprint density at radius 2 is 1.65 bits per heavy atom. The van der Waals surface area contributed by atoms with Gasteiger partial charge in [0.15, 0.2) is 0 Å². The molecule has 0 saturated carbocycles. The molecule has 1 atom stereocenters. The molecule has 0 amide bonds. The first-order valence-electron chi connectivity index (χ1n) is 4.39. The van der Waals surface area contributed by atoms with Gasteiger partial charge in [0, 0.05) is 0 Å². The third-order valence-corrected chi connectivity index (χ3v) is 1.73. The number of rotatable bonds is 4. The maximum absolute atomic E-state index is 13.0. The maximum atomic E-state index is 13.0. The van der Waals surface area contributed by atoms with E-state index in [9.17, 15) is 26.4 Å². The second kappa shape index (κ2) is 4.81. The second-order valence-corrected chi connectivity index (χ2v) is 5.84. The van der Waals surface area contributed by atoms with Gasteiger partial charge in [-0.05, 0) is 20.8 Å². The largest absolute Gasteiger partial charge is 0.455 e. The van der Waals surface area contributed by atoms with Crippen molar-refractivity contribution in [1.29, 1.82) is 0 Å². The Kier molecular flexibility index (Phi) is 4.57. The highest BCUT2D eigenvalue weighted by atomic mass is 32.2. The Morgan fingerprint density at radius 3 is 1.94 bits per heavy atom. The van der Waals surface area contributed by atoms with Crippen LogP contribution in [0.4, 0.5) is 13.2 Å². The van der Waals surface area contributed by atoms with Gasteiger partial charge < -0.3 is 4.74 Å². The molecule has 1 unspecified atom stereocenters. The van der Waals surface area contributed by atoms with Gasteiger partial charge in [-0.25, -0.2) is 13.4 Å². The van der Waals surface area contributed by atoms with Crippen LogP contribution in [0.5, 0.6) is 0 Å². The van der Waals surface area contributed by atoms with E-state index in [1.54, 1.807) is 0 Å². The van der Waals surface area contributed by atoms with Gasteiger partial charge in [0.05, 0.1) is 6.26 Å². The topological polar surface area (TPSA) is 69.7 Å². The monoisotopic (exact) mass is 278 g/mol. The van der Waals surface area contributed by atoms with Crippen molar-refractivity contribution in [1.82, 2.24) is 0 Å². The van der Waals surface area contributed by atoms with Gasteiger partial charge in [0.25, 0.3) is 16.5 Å². The standard InChI is InChI=1S/C8H13F3O5S/c1-7(2,3)15-6(12)8(10,11)5(9)16-17(4,13)14/h5H,1-4H3. The van der Waals surface area contributed by atoms with Crippen LogP contribution in [-0.2, 0) is 23.8 Å². The van der Waals surface area contributed by atoms with Gasteiger partial charge in [0.2, 0.25) is 0 Å². The Hall–Kier alpha value is -0.830. The Morgan fingerprint density at radius 1 is 1.24 bits per heavy atom. The minimum Gasteiger partial charge on any atom is -0.455 e. The number of halogens is 3. The van der Waals surface area contributed by atoms with E-state index in [0.717, 1.165) is 0 Å². The normalized spacial score (nSPS) is 15.5. The van der Waals surface area contributed by atoms with E-state index in [1.165, 1.54) is 20.8 Å². The minimum atomic E-state index is -4.70. The predicted molar refractivity (Wildman–Crippen MR) is 51.6 cm³/mol. The quantitative estimate of drug-likeness (QED) is 0.571. The molecule has 0 radical (unpaired) electrons. The lowest BCUT2D eigenvalue weighted by Gasteiger charge is -2.24. The van der Waals surface area contributed by atoms with Crippen molar-refractivity contribution < 1.29 is 35.3 Å². The van der Waals surface area contributed by atoms with Crippen LogP contribution in [0, 0.1) is 0 Å². The fourth-order valence-electron chi connectivity index (χ4n) is 0.653. The zero-order chi connectivity index (χ0) is 14.1. The van der Waals surface area contributed by atoms with Crippen LogP contribution in [0.15, 0.2) is 0 Å². The highest BCUT2D eigenvalue weighted by Gasteiger charge is 2.53. The maximum Gasteiger partial charge on any atom is 0.398 e. The minimum absolute atomic E-state index is 0.380. The molecule has 0 N–H and O–H groups in total. The number of alkyl halides is 3. The Labute approximate surface area is 97.0 Å². The summed E-state index contributed by atoms with van der Waals surface area (Å²) < 4.78 is 67.4. The van der Waals surface area contributed by atoms with Gasteiger partial charge in [-0.2, -0.15) is 17.2 Å². The summed E-state index contributed by atoms with van der Waals surface area (Å²) in [5.74, 6) is -6.89. The van der Waals surface area contributed by atoms with Crippen molar-refractivity contribution in [2.75, 3.05) is 6.26 Å². The second-order valence-electron chi connectivity index (χ2n) is 4.24. The average Bonchev–Trinajstić information content (AvgIpc) is 1.96. The summed E-state index contributed by atoms with van der Waals surface area (Å²) in [5.41, 5.74) is -1.26. The molecule has 0 spiro atoms. The van der Waals surface area contributed by atoms with Crippen LogP contribution in [0.25, 0.3) is 0 Å². The molecule has 0 rings (SSSR count). The lowest BCUT2D eigenvalue weighted by atomic mass is 10.2. The van der Waals surface area contributed by atoms with Crippen LogP contribution in [-0.4, -0.2) is 38.5 Å². The van der Waals surface area contributed by atoms with Gasteiger partial charge >= 0.3 is 11.9 Å². The van der Waals surface area contributed by atoms with Crippen LogP contribution in [0.2, 0.25) is 0 Å². The number of hydrogen-bond donors (Lipinski definition) is 0. The van der Waals surface area contributed by atoms with Gasteiger partial charge in [0.1, 0.15) is 5.60 Å². The number of carbonyl (C=O) groups excluding carboxylic acids is 1. The number of hydrogen-bond acceptors (Lipinski definition) is 5. The molecule has 0 aliphatic heterocycles. The summed E-state index contributed by atoms with van der Waals surface area (Å²) >= 11 is 0. The molecule has 0 aromatic carbocycles. The molecule has 0 fully saturated rings. The van der Waals surface area contributed by atoms with Crippen molar-refractivity contribution in [2.45, 2.75) is 38.7 Å². The average molecular weight is 278 g/mol. The molecule has 17 heavy (non-hydrogen) atoms. The summed E-state index contributed by atoms with van der Waals surface area (Å²) in [6.45, 7) is 3.89. The van der Waals surface area contributed by atoms with Gasteiger partial charge in [-0.1, -0.05) is 0 Å². The highest BCUT2D eigenvalue weighted by Crippen LogP contribution is 2.27. The lowest BCUT2D eigenvalue weighted by molar-refractivity contribution is -0.210. The third kappa shape index (κ3) is 5.87. The molecule has 0 heterocycles. The summed E-state index contributed by atoms with van der Waals surface area (Å²) in [5, 5.41) is 0. The van der Waals surface area contributed by atoms with E-state index in [2.05, 4.69) is 8.92 Å². The smallest absolute Gasteiger partial charge is 0.398 e. The number of ether oxygens (including phenoxy) is 1. The molecular formula is C8H13F3O5S. The van der Waals surface area contributed by atoms with E-state index in [-0.39, 0.29) is 0 Å². The molecule has 0 aliphatic rings. The summed E-state index contributed by atoms with van der Waals surface area (Å²) in [6.07, 6.45) is -3.24. The Balaban J connectivity index is 4.83. The van der Waals surface area contributed by atoms with E-state index in [0.29, 0.717) is 6.26 Å². The van der Waals surface area contributed by atoms with E-state index >= 15 is 0 Å². The summed E-state index contributed by atoms with van der Waals surface area (Å²) in [6, 6.07) is 0. The molecule has 0 saturated heterocycles. The molecule has 0 aromatic rings. The predicted octanol–water partition coefficient (Wildman–Crippen LogP) is 1.24. The molecule has 5 nitrogen and oxygen atoms in total. The molecule has 0 aliphatic carbocycles. The zero-order valence-corrected chi connectivity index (χ0v) is 10.5. The fourth-order valence-corrected chi connectivity index (χ4v) is 1.08. The van der Waals surface area contributed by atoms with Crippen LogP contribution in [0.1, 0.15) is 20.8 Å². The summed E-state index contributed by atoms with van der Waals surface area (Å²) in [4.78, 5) is 10.9. The first-order valence-corrected chi connectivity index (χ1v) is 6.21. The highest BCUT2D eigenvalue weighted by molar-refractivity contribution is 7.86. The number of esters is 1. The lowest BCUT2D eigenvalue weighted by Crippen LogP contribution is -2.45. The first-order chi connectivity index (χ1) is 7.26. The van der Waals surface area contributed by atoms with Crippen LogP contribution < -0.4 is 0 Å². The van der Waals surface area contributed by atoms with Gasteiger partial charge in [-0.15, -0.1) is 0 Å². The Bertz CT molecular complexity index is 384. The molecule has 102 valence electrons. The van der Waals surface area contributed by atoms with E-state index in [4.69, 9.17) is 0 Å². The van der Waals surface area contributed by atoms with Crippen molar-refractivity contribution in [2.24, 2.45) is 0 Å². The van der Waals surface area contributed by atoms with Crippen molar-refractivity contribution >= 4 is 16.1 Å². The SMILES string of the molecule is CC(C)(C)OC(=O)C(F)(F)C(F)OS(C)(=O)=O. The van der Waals surface area contributed by atoms with E-state index < -0.39 is 34.0 Å². The summed E-state index contributed by atoms with van der Waals surface area (Å²) in [7, 11) is -4.45. The zero-order valence-electron chi connectivity index (χ0n) is 9.66. The van der Waals surface area contributed by atoms with Crippen LogP contribution in [0.3, 0.4) is 0 Å². The van der Waals surface area contributed by atoms with E-state index in [1.807, 2.05) is 0 Å². The molecular weight excluding hydrogens is 265 g/mol. The van der Waals surface area contributed by atoms with Crippen molar-refractivity contribution in [3.05, 3.63) is 0 Å². The molecule has 9 heteroatoms. The van der Waals surface area contributed by atoms with Gasteiger partial charge in [-0.3, -0.25) is 0 Å². The van der Waals surface area contributed by atoms with Crippen molar-refractivity contribution in [3.63, 3.8) is 0 Å². The third-order valence-electron chi connectivity index (χ3n) is 1.22. The molecule has 0 bridgehead atoms. The number of carbonyl (C=O) groups is 1. The molecule has 0 aromatic heterocycles. The fraction of sp³-hybridized carbons (Fsp3) is 0.875.